The summed E-state index contributed by atoms with van der Waals surface area (Å²) in [6, 6.07) is 5.71. The molecule has 0 aliphatic carbocycles. The van der Waals surface area contributed by atoms with E-state index in [1.54, 1.807) is 24.5 Å². The predicted octanol–water partition coefficient (Wildman–Crippen LogP) is 1.71. The molecule has 1 aromatic heterocycles. The monoisotopic (exact) mass is 329 g/mol. The first-order valence-electron chi connectivity index (χ1n) is 8.31. The number of carbonyl (C=O) groups is 1. The van der Waals surface area contributed by atoms with E-state index in [9.17, 15) is 9.90 Å². The molecule has 0 radical (unpaired) electrons. The lowest BCUT2D eigenvalue weighted by Gasteiger charge is -2.28. The van der Waals surface area contributed by atoms with Gasteiger partial charge in [0, 0.05) is 18.6 Å². The summed E-state index contributed by atoms with van der Waals surface area (Å²) in [6.45, 7) is 6.96. The van der Waals surface area contributed by atoms with Gasteiger partial charge in [0.05, 0.1) is 23.6 Å². The molecule has 1 unspecified atom stereocenters. The Morgan fingerprint density at radius 1 is 1.38 bits per heavy atom. The molecule has 7 heteroatoms. The highest BCUT2D eigenvalue weighted by Gasteiger charge is 2.26. The number of nitrogens with one attached hydrogen (secondary N) is 1. The molecular weight excluding hydrogens is 306 g/mol. The summed E-state index contributed by atoms with van der Waals surface area (Å²) in [7, 11) is 0. The summed E-state index contributed by atoms with van der Waals surface area (Å²) >= 11 is 0. The average Bonchev–Trinajstić information content (AvgIpc) is 3.05. The number of aromatic carboxylic acids is 1. The van der Waals surface area contributed by atoms with Crippen LogP contribution in [0, 0.1) is 0 Å². The summed E-state index contributed by atoms with van der Waals surface area (Å²) in [5, 5.41) is 21.4. The van der Waals surface area contributed by atoms with E-state index < -0.39 is 5.97 Å². The SMILES string of the molecule is CCN1CC(c2cc(-n3nccn3)ccc2C(=O)O)NCC[C@H]1C. The minimum absolute atomic E-state index is 0.0310. The van der Waals surface area contributed by atoms with Gasteiger partial charge in [0.1, 0.15) is 0 Å². The Kier molecular flexibility index (Phi) is 4.92. The Morgan fingerprint density at radius 3 is 2.79 bits per heavy atom. The van der Waals surface area contributed by atoms with Crippen LogP contribution in [0.3, 0.4) is 0 Å². The fourth-order valence-electron chi connectivity index (χ4n) is 3.28. The van der Waals surface area contributed by atoms with Gasteiger partial charge in [-0.2, -0.15) is 15.0 Å². The van der Waals surface area contributed by atoms with Gasteiger partial charge in [0.15, 0.2) is 0 Å². The van der Waals surface area contributed by atoms with Crippen molar-refractivity contribution in [2.24, 2.45) is 0 Å². The van der Waals surface area contributed by atoms with Crippen molar-refractivity contribution in [2.75, 3.05) is 19.6 Å². The van der Waals surface area contributed by atoms with Crippen molar-refractivity contribution in [3.8, 4) is 5.69 Å². The number of likely N-dealkylation sites (N-methyl/N-ethyl adjacent to an activating group) is 1. The first-order chi connectivity index (χ1) is 11.6. The summed E-state index contributed by atoms with van der Waals surface area (Å²) in [6.07, 6.45) is 4.26. The summed E-state index contributed by atoms with van der Waals surface area (Å²) in [4.78, 5) is 15.6. The number of rotatable bonds is 4. The third-order valence-electron chi connectivity index (χ3n) is 4.69. The fraction of sp³-hybridized carbons (Fsp3) is 0.471. The molecule has 1 aliphatic rings. The van der Waals surface area contributed by atoms with Crippen molar-refractivity contribution in [1.82, 2.24) is 25.2 Å². The van der Waals surface area contributed by atoms with E-state index in [0.717, 1.165) is 37.3 Å². The number of carboxylic acid groups (broad SMARTS) is 1. The maximum atomic E-state index is 11.7. The molecule has 2 heterocycles. The summed E-state index contributed by atoms with van der Waals surface area (Å²) < 4.78 is 0. The van der Waals surface area contributed by atoms with Crippen molar-refractivity contribution in [3.63, 3.8) is 0 Å². The molecule has 24 heavy (non-hydrogen) atoms. The Bertz CT molecular complexity index is 701. The zero-order valence-corrected chi connectivity index (χ0v) is 14.0. The lowest BCUT2D eigenvalue weighted by Crippen LogP contribution is -2.36. The predicted molar refractivity (Wildman–Crippen MR) is 90.4 cm³/mol. The van der Waals surface area contributed by atoms with Crippen molar-refractivity contribution < 1.29 is 9.90 Å². The van der Waals surface area contributed by atoms with E-state index in [4.69, 9.17) is 0 Å². The normalized spacial score (nSPS) is 22.2. The molecule has 7 nitrogen and oxygen atoms in total. The van der Waals surface area contributed by atoms with E-state index in [1.165, 1.54) is 4.80 Å². The molecule has 1 aromatic carbocycles. The van der Waals surface area contributed by atoms with Crippen LogP contribution in [-0.2, 0) is 0 Å². The van der Waals surface area contributed by atoms with Gasteiger partial charge < -0.3 is 10.4 Å². The van der Waals surface area contributed by atoms with Crippen LogP contribution in [0.2, 0.25) is 0 Å². The molecule has 2 N–H and O–H groups in total. The topological polar surface area (TPSA) is 83.3 Å². The molecule has 2 atom stereocenters. The quantitative estimate of drug-likeness (QED) is 0.888. The number of aromatic nitrogens is 3. The molecule has 128 valence electrons. The summed E-state index contributed by atoms with van der Waals surface area (Å²) in [5.41, 5.74) is 1.88. The van der Waals surface area contributed by atoms with E-state index in [2.05, 4.69) is 34.3 Å². The van der Waals surface area contributed by atoms with Gasteiger partial charge >= 0.3 is 5.97 Å². The van der Waals surface area contributed by atoms with Crippen molar-refractivity contribution in [1.29, 1.82) is 0 Å². The third-order valence-corrected chi connectivity index (χ3v) is 4.69. The molecule has 1 aliphatic heterocycles. The van der Waals surface area contributed by atoms with Crippen LogP contribution in [-0.4, -0.2) is 56.6 Å². The maximum absolute atomic E-state index is 11.7. The van der Waals surface area contributed by atoms with Crippen LogP contribution in [0.4, 0.5) is 0 Å². The van der Waals surface area contributed by atoms with Gasteiger partial charge in [-0.05, 0) is 50.2 Å². The number of hydrogen-bond donors (Lipinski definition) is 2. The smallest absolute Gasteiger partial charge is 0.336 e. The Labute approximate surface area is 141 Å². The van der Waals surface area contributed by atoms with Gasteiger partial charge in [0.25, 0.3) is 0 Å². The van der Waals surface area contributed by atoms with E-state index in [1.807, 2.05) is 6.07 Å². The van der Waals surface area contributed by atoms with Gasteiger partial charge in [-0.1, -0.05) is 6.92 Å². The molecular formula is C17H23N5O2. The molecule has 2 aromatic rings. The van der Waals surface area contributed by atoms with E-state index in [0.29, 0.717) is 11.6 Å². The average molecular weight is 329 g/mol. The van der Waals surface area contributed by atoms with Gasteiger partial charge in [-0.3, -0.25) is 4.90 Å². The molecule has 3 rings (SSSR count). The van der Waals surface area contributed by atoms with Crippen LogP contribution >= 0.6 is 0 Å². The second kappa shape index (κ2) is 7.11. The molecule has 0 spiro atoms. The first-order valence-corrected chi connectivity index (χ1v) is 8.31. The zero-order valence-electron chi connectivity index (χ0n) is 14.0. The van der Waals surface area contributed by atoms with Crippen molar-refractivity contribution >= 4 is 5.97 Å². The van der Waals surface area contributed by atoms with Crippen molar-refractivity contribution in [2.45, 2.75) is 32.4 Å². The highest BCUT2D eigenvalue weighted by Crippen LogP contribution is 2.25. The van der Waals surface area contributed by atoms with E-state index >= 15 is 0 Å². The highest BCUT2D eigenvalue weighted by molar-refractivity contribution is 5.90. The molecule has 1 fully saturated rings. The number of nitrogens with zero attached hydrogens (tertiary/aromatic N) is 4. The minimum Gasteiger partial charge on any atom is -0.478 e. The van der Waals surface area contributed by atoms with Gasteiger partial charge in [-0.15, -0.1) is 0 Å². The molecule has 1 saturated heterocycles. The van der Waals surface area contributed by atoms with E-state index in [-0.39, 0.29) is 6.04 Å². The van der Waals surface area contributed by atoms with Gasteiger partial charge in [0.2, 0.25) is 0 Å². The molecule has 0 amide bonds. The van der Waals surface area contributed by atoms with Crippen LogP contribution in [0.15, 0.2) is 30.6 Å². The molecule has 0 bridgehead atoms. The highest BCUT2D eigenvalue weighted by atomic mass is 16.4. The van der Waals surface area contributed by atoms with Crippen LogP contribution in [0.25, 0.3) is 5.69 Å². The third kappa shape index (κ3) is 3.32. The zero-order chi connectivity index (χ0) is 17.1. The lowest BCUT2D eigenvalue weighted by molar-refractivity contribution is 0.0694. The standard InChI is InChI=1S/C17H23N5O2/c1-3-21-11-16(18-7-6-12(21)2)15-10-13(22-19-8-9-20-22)4-5-14(15)17(23)24/h4-5,8-10,12,16,18H,3,6-7,11H2,1-2H3,(H,23,24)/t12-,16?/m1/s1. The van der Waals surface area contributed by atoms with Crippen LogP contribution in [0.5, 0.6) is 0 Å². The van der Waals surface area contributed by atoms with Crippen molar-refractivity contribution in [3.05, 3.63) is 41.7 Å². The lowest BCUT2D eigenvalue weighted by atomic mass is 9.99. The molecule has 0 saturated carbocycles. The maximum Gasteiger partial charge on any atom is 0.336 e. The Hall–Kier alpha value is -2.25. The van der Waals surface area contributed by atoms with Crippen LogP contribution < -0.4 is 5.32 Å². The second-order valence-electron chi connectivity index (χ2n) is 6.13. The minimum atomic E-state index is -0.910. The Morgan fingerprint density at radius 2 is 2.12 bits per heavy atom. The largest absolute Gasteiger partial charge is 0.478 e. The summed E-state index contributed by atoms with van der Waals surface area (Å²) in [5.74, 6) is -0.910. The number of carboxylic acids is 1. The number of hydrogen-bond acceptors (Lipinski definition) is 5. The first kappa shape index (κ1) is 16.6. The fourth-order valence-corrected chi connectivity index (χ4v) is 3.28. The Balaban J connectivity index is 2.00. The number of benzene rings is 1. The van der Waals surface area contributed by atoms with Crippen LogP contribution in [0.1, 0.15) is 42.2 Å². The second-order valence-corrected chi connectivity index (χ2v) is 6.13. The van der Waals surface area contributed by atoms with Gasteiger partial charge in [-0.25, -0.2) is 4.79 Å².